The van der Waals surface area contributed by atoms with E-state index in [0.29, 0.717) is 17.4 Å². The van der Waals surface area contributed by atoms with Gasteiger partial charge in [0, 0.05) is 6.04 Å². The van der Waals surface area contributed by atoms with Gasteiger partial charge in [-0.1, -0.05) is 12.1 Å². The molecule has 1 aromatic rings. The number of benzene rings is 1. The van der Waals surface area contributed by atoms with Crippen LogP contribution in [-0.2, 0) is 0 Å². The van der Waals surface area contributed by atoms with Gasteiger partial charge in [-0.05, 0) is 25.5 Å². The Bertz CT molecular complexity index is 365. The number of halogens is 1. The average molecular weight is 192 g/mol. The molecule has 0 radical (unpaired) electrons. The summed E-state index contributed by atoms with van der Waals surface area (Å²) in [6.07, 6.45) is 0. The Morgan fingerprint density at radius 2 is 2.29 bits per heavy atom. The molecule has 1 atom stereocenters. The largest absolute Gasteiger partial charge is 0.365 e. The van der Waals surface area contributed by atoms with Crippen LogP contribution in [0.25, 0.3) is 0 Å². The Morgan fingerprint density at radius 1 is 1.50 bits per heavy atom. The lowest BCUT2D eigenvalue weighted by molar-refractivity contribution is 0.622. The third-order valence-electron chi connectivity index (χ3n) is 2.37. The topological polar surface area (TPSA) is 24.4 Å². The molecule has 0 saturated heterocycles. The van der Waals surface area contributed by atoms with Crippen molar-refractivity contribution >= 4 is 5.84 Å². The maximum Gasteiger partial charge on any atom is 0.134 e. The Morgan fingerprint density at radius 3 is 2.86 bits per heavy atom. The zero-order valence-corrected chi connectivity index (χ0v) is 8.34. The zero-order chi connectivity index (χ0) is 10.1. The lowest BCUT2D eigenvalue weighted by atomic mass is 10.1. The van der Waals surface area contributed by atoms with Gasteiger partial charge >= 0.3 is 0 Å². The molecule has 2 nitrogen and oxygen atoms in total. The molecule has 3 heteroatoms. The lowest BCUT2D eigenvalue weighted by Gasteiger charge is -2.09. The minimum absolute atomic E-state index is 0.203. The standard InChI is InChI=1S/C11H13FN2/c1-7-4-3-5-9(12)10(7)11-13-6-8(2)14-11/h3-5,8H,6H2,1-2H3,(H,13,14). The van der Waals surface area contributed by atoms with Crippen molar-refractivity contribution in [2.24, 2.45) is 4.99 Å². The fourth-order valence-corrected chi connectivity index (χ4v) is 1.64. The summed E-state index contributed by atoms with van der Waals surface area (Å²) >= 11 is 0. The molecule has 0 amide bonds. The fraction of sp³-hybridized carbons (Fsp3) is 0.364. The van der Waals surface area contributed by atoms with Crippen molar-refractivity contribution in [2.45, 2.75) is 19.9 Å². The summed E-state index contributed by atoms with van der Waals surface area (Å²) < 4.78 is 13.5. The van der Waals surface area contributed by atoms with E-state index in [2.05, 4.69) is 10.3 Å². The van der Waals surface area contributed by atoms with E-state index in [1.807, 2.05) is 19.9 Å². The van der Waals surface area contributed by atoms with Crippen LogP contribution in [0.2, 0.25) is 0 Å². The molecule has 0 fully saturated rings. The van der Waals surface area contributed by atoms with Gasteiger partial charge in [-0.2, -0.15) is 0 Å². The van der Waals surface area contributed by atoms with Gasteiger partial charge < -0.3 is 5.32 Å². The van der Waals surface area contributed by atoms with Crippen molar-refractivity contribution in [1.82, 2.24) is 5.32 Å². The first-order chi connectivity index (χ1) is 6.68. The summed E-state index contributed by atoms with van der Waals surface area (Å²) in [5.74, 6) is 0.485. The van der Waals surface area contributed by atoms with Crippen LogP contribution in [0.5, 0.6) is 0 Å². The van der Waals surface area contributed by atoms with Crippen molar-refractivity contribution in [3.8, 4) is 0 Å². The molecule has 1 N–H and O–H groups in total. The molecule has 1 aromatic carbocycles. The van der Waals surface area contributed by atoms with Gasteiger partial charge in [-0.15, -0.1) is 0 Å². The quantitative estimate of drug-likeness (QED) is 0.721. The van der Waals surface area contributed by atoms with Crippen LogP contribution in [0, 0.1) is 12.7 Å². The van der Waals surface area contributed by atoms with Gasteiger partial charge in [0.2, 0.25) is 0 Å². The summed E-state index contributed by atoms with van der Waals surface area (Å²) in [4.78, 5) is 4.27. The van der Waals surface area contributed by atoms with Crippen LogP contribution in [-0.4, -0.2) is 18.4 Å². The molecule has 0 spiro atoms. The number of aliphatic imine (C=N–C) groups is 1. The van der Waals surface area contributed by atoms with Crippen LogP contribution in [0.4, 0.5) is 4.39 Å². The number of nitrogens with zero attached hydrogens (tertiary/aromatic N) is 1. The van der Waals surface area contributed by atoms with Crippen molar-refractivity contribution < 1.29 is 4.39 Å². The number of nitrogens with one attached hydrogen (secondary N) is 1. The number of hydrogen-bond donors (Lipinski definition) is 1. The summed E-state index contributed by atoms with van der Waals surface area (Å²) in [6, 6.07) is 5.39. The molecule has 0 bridgehead atoms. The van der Waals surface area contributed by atoms with Crippen LogP contribution in [0.3, 0.4) is 0 Å². The van der Waals surface area contributed by atoms with E-state index in [-0.39, 0.29) is 5.82 Å². The van der Waals surface area contributed by atoms with Crippen molar-refractivity contribution in [3.63, 3.8) is 0 Å². The van der Waals surface area contributed by atoms with Gasteiger partial charge in [0.05, 0.1) is 12.1 Å². The van der Waals surface area contributed by atoms with Crippen molar-refractivity contribution in [1.29, 1.82) is 0 Å². The first-order valence-corrected chi connectivity index (χ1v) is 4.75. The van der Waals surface area contributed by atoms with Gasteiger partial charge in [0.1, 0.15) is 11.7 Å². The maximum absolute atomic E-state index is 13.5. The molecular formula is C11H13FN2. The predicted molar refractivity (Wildman–Crippen MR) is 55.1 cm³/mol. The van der Waals surface area contributed by atoms with Gasteiger partial charge in [-0.25, -0.2) is 4.39 Å². The predicted octanol–water partition coefficient (Wildman–Crippen LogP) is 1.87. The second-order valence-electron chi connectivity index (χ2n) is 3.67. The van der Waals surface area contributed by atoms with Crippen molar-refractivity contribution in [3.05, 3.63) is 35.1 Å². The summed E-state index contributed by atoms with van der Waals surface area (Å²) in [5.41, 5.74) is 1.53. The first-order valence-electron chi connectivity index (χ1n) is 4.75. The molecule has 1 aliphatic heterocycles. The molecule has 0 aromatic heterocycles. The number of rotatable bonds is 1. The Kier molecular flexibility index (Phi) is 2.23. The minimum atomic E-state index is -0.203. The third-order valence-corrected chi connectivity index (χ3v) is 2.37. The van der Waals surface area contributed by atoms with E-state index >= 15 is 0 Å². The minimum Gasteiger partial charge on any atom is -0.365 e. The highest BCUT2D eigenvalue weighted by Crippen LogP contribution is 2.15. The summed E-state index contributed by atoms with van der Waals surface area (Å²) in [7, 11) is 0. The highest BCUT2D eigenvalue weighted by molar-refractivity contribution is 6.01. The number of aryl methyl sites for hydroxylation is 1. The van der Waals surface area contributed by atoms with E-state index in [1.54, 1.807) is 6.07 Å². The SMILES string of the molecule is Cc1cccc(F)c1C1=NCC(C)N1. The maximum atomic E-state index is 13.5. The number of amidine groups is 1. The average Bonchev–Trinajstić information content (AvgIpc) is 2.51. The van der Waals surface area contributed by atoms with Gasteiger partial charge in [0.15, 0.2) is 0 Å². The lowest BCUT2D eigenvalue weighted by Crippen LogP contribution is -2.28. The van der Waals surface area contributed by atoms with E-state index in [1.165, 1.54) is 6.07 Å². The van der Waals surface area contributed by atoms with E-state index in [0.717, 1.165) is 12.1 Å². The molecule has 1 aliphatic rings. The molecule has 14 heavy (non-hydrogen) atoms. The van der Waals surface area contributed by atoms with Gasteiger partial charge in [0.25, 0.3) is 0 Å². The normalized spacial score (nSPS) is 20.5. The number of hydrogen-bond acceptors (Lipinski definition) is 2. The zero-order valence-electron chi connectivity index (χ0n) is 8.34. The second-order valence-corrected chi connectivity index (χ2v) is 3.67. The van der Waals surface area contributed by atoms with Crippen LogP contribution < -0.4 is 5.32 Å². The van der Waals surface area contributed by atoms with Crippen LogP contribution >= 0.6 is 0 Å². The first kappa shape index (κ1) is 9.19. The summed E-state index contributed by atoms with van der Waals surface area (Å²) in [5, 5.41) is 3.16. The molecular weight excluding hydrogens is 179 g/mol. The summed E-state index contributed by atoms with van der Waals surface area (Å²) in [6.45, 7) is 4.65. The highest BCUT2D eigenvalue weighted by Gasteiger charge is 2.18. The highest BCUT2D eigenvalue weighted by atomic mass is 19.1. The van der Waals surface area contributed by atoms with Gasteiger partial charge in [-0.3, -0.25) is 4.99 Å². The Labute approximate surface area is 82.9 Å². The molecule has 74 valence electrons. The van der Waals surface area contributed by atoms with Crippen LogP contribution in [0.1, 0.15) is 18.1 Å². The van der Waals surface area contributed by atoms with Crippen LogP contribution in [0.15, 0.2) is 23.2 Å². The molecule has 0 aliphatic carbocycles. The van der Waals surface area contributed by atoms with E-state index < -0.39 is 0 Å². The monoisotopic (exact) mass is 192 g/mol. The Hall–Kier alpha value is -1.38. The molecule has 1 heterocycles. The van der Waals surface area contributed by atoms with Crippen molar-refractivity contribution in [2.75, 3.05) is 6.54 Å². The second kappa shape index (κ2) is 3.40. The van der Waals surface area contributed by atoms with E-state index in [9.17, 15) is 4.39 Å². The molecule has 1 unspecified atom stereocenters. The smallest absolute Gasteiger partial charge is 0.134 e. The molecule has 0 saturated carbocycles. The third kappa shape index (κ3) is 1.50. The Balaban J connectivity index is 2.42. The fourth-order valence-electron chi connectivity index (χ4n) is 1.64. The van der Waals surface area contributed by atoms with E-state index in [4.69, 9.17) is 0 Å². The molecule has 2 rings (SSSR count).